The van der Waals surface area contributed by atoms with Crippen LogP contribution in [-0.2, 0) is 0 Å². The molecule has 14 heavy (non-hydrogen) atoms. The summed E-state index contributed by atoms with van der Waals surface area (Å²) in [5, 5.41) is 10.5. The highest BCUT2D eigenvalue weighted by atomic mass is 28.3. The molecule has 1 atom stereocenters. The largest absolute Gasteiger partial charge is 0.396 e. The smallest absolute Gasteiger partial charge is 0.0835 e. The Kier molecular flexibility index (Phi) is 3.90. The maximum absolute atomic E-state index is 8.97. The summed E-state index contributed by atoms with van der Waals surface area (Å²) in [5.41, 5.74) is 0.634. The highest BCUT2D eigenvalue weighted by Crippen LogP contribution is 2.24. The number of aliphatic hydroxyl groups is 1. The molecule has 0 radical (unpaired) electrons. The first-order chi connectivity index (χ1) is 6.59. The quantitative estimate of drug-likeness (QED) is 0.753. The Bertz CT molecular complexity index is 269. The van der Waals surface area contributed by atoms with Crippen molar-refractivity contribution in [1.29, 1.82) is 0 Å². The summed E-state index contributed by atoms with van der Waals surface area (Å²) >= 11 is 0. The predicted octanol–water partition coefficient (Wildman–Crippen LogP) is 2.37. The van der Waals surface area contributed by atoms with E-state index in [9.17, 15) is 0 Å². The van der Waals surface area contributed by atoms with Gasteiger partial charge < -0.3 is 5.11 Å². The van der Waals surface area contributed by atoms with Crippen LogP contribution in [0.2, 0.25) is 18.6 Å². The number of hydrogen-bond donors (Lipinski definition) is 1. The van der Waals surface area contributed by atoms with Crippen LogP contribution in [0.25, 0.3) is 0 Å². The van der Waals surface area contributed by atoms with Crippen LogP contribution in [0.15, 0.2) is 30.3 Å². The molecule has 0 amide bonds. The van der Waals surface area contributed by atoms with Crippen LogP contribution < -0.4 is 5.19 Å². The van der Waals surface area contributed by atoms with Crippen molar-refractivity contribution < 1.29 is 5.11 Å². The second-order valence-electron chi connectivity index (χ2n) is 4.50. The van der Waals surface area contributed by atoms with Crippen molar-refractivity contribution in [2.75, 3.05) is 6.61 Å². The molecule has 1 aromatic rings. The molecule has 0 spiro atoms. The molecule has 0 saturated heterocycles. The first-order valence-corrected chi connectivity index (χ1v) is 8.33. The monoisotopic (exact) mass is 208 g/mol. The van der Waals surface area contributed by atoms with E-state index in [-0.39, 0.29) is 0 Å². The zero-order chi connectivity index (χ0) is 10.6. The van der Waals surface area contributed by atoms with Crippen molar-refractivity contribution in [3.8, 4) is 0 Å². The fraction of sp³-hybridized carbons (Fsp3) is 0.500. The van der Waals surface area contributed by atoms with E-state index in [1.165, 1.54) is 5.19 Å². The Hall–Kier alpha value is -0.603. The van der Waals surface area contributed by atoms with Gasteiger partial charge in [-0.25, -0.2) is 0 Å². The van der Waals surface area contributed by atoms with Gasteiger partial charge in [-0.3, -0.25) is 0 Å². The van der Waals surface area contributed by atoms with Crippen molar-refractivity contribution in [2.45, 2.75) is 32.0 Å². The number of benzene rings is 1. The number of hydrogen-bond acceptors (Lipinski definition) is 1. The van der Waals surface area contributed by atoms with E-state index in [1.807, 2.05) is 0 Å². The standard InChI is InChI=1S/C12H20OSi/c1-11(9-10-13)14(2,3)12-7-5-4-6-8-12/h4-8,11,13H,9-10H2,1-3H3. The summed E-state index contributed by atoms with van der Waals surface area (Å²) in [7, 11) is -1.36. The van der Waals surface area contributed by atoms with Crippen LogP contribution >= 0.6 is 0 Å². The molecule has 0 fully saturated rings. The van der Waals surface area contributed by atoms with Crippen molar-refractivity contribution in [3.63, 3.8) is 0 Å². The molecular weight excluding hydrogens is 188 g/mol. The van der Waals surface area contributed by atoms with Gasteiger partial charge in [0, 0.05) is 6.61 Å². The van der Waals surface area contributed by atoms with Crippen molar-refractivity contribution >= 4 is 13.3 Å². The topological polar surface area (TPSA) is 20.2 Å². The summed E-state index contributed by atoms with van der Waals surface area (Å²) in [6.45, 7) is 7.32. The molecule has 1 nitrogen and oxygen atoms in total. The first kappa shape index (κ1) is 11.5. The van der Waals surface area contributed by atoms with Crippen LogP contribution in [0.4, 0.5) is 0 Å². The molecular formula is C12H20OSi. The molecule has 0 heterocycles. The maximum Gasteiger partial charge on any atom is 0.0835 e. The second-order valence-corrected chi connectivity index (χ2v) is 9.51. The van der Waals surface area contributed by atoms with E-state index in [0.29, 0.717) is 12.1 Å². The SMILES string of the molecule is CC(CCO)[Si](C)(C)c1ccccc1. The molecule has 1 rings (SSSR count). The minimum Gasteiger partial charge on any atom is -0.396 e. The lowest BCUT2D eigenvalue weighted by Crippen LogP contribution is -2.45. The predicted molar refractivity (Wildman–Crippen MR) is 64.7 cm³/mol. The van der Waals surface area contributed by atoms with Crippen LogP contribution in [0.1, 0.15) is 13.3 Å². The minimum absolute atomic E-state index is 0.310. The maximum atomic E-state index is 8.97. The lowest BCUT2D eigenvalue weighted by atomic mass is 10.3. The Morgan fingerprint density at radius 2 is 1.79 bits per heavy atom. The van der Waals surface area contributed by atoms with Crippen molar-refractivity contribution in [3.05, 3.63) is 30.3 Å². The number of rotatable bonds is 4. The molecule has 0 aliphatic heterocycles. The Morgan fingerprint density at radius 3 is 2.29 bits per heavy atom. The summed E-state index contributed by atoms with van der Waals surface area (Å²) < 4.78 is 0. The van der Waals surface area contributed by atoms with Gasteiger partial charge in [-0.2, -0.15) is 0 Å². The van der Waals surface area contributed by atoms with Gasteiger partial charge in [-0.05, 0) is 12.0 Å². The zero-order valence-electron chi connectivity index (χ0n) is 9.33. The van der Waals surface area contributed by atoms with Crippen LogP contribution in [0.3, 0.4) is 0 Å². The molecule has 0 aliphatic carbocycles. The highest BCUT2D eigenvalue weighted by Gasteiger charge is 2.29. The first-order valence-electron chi connectivity index (χ1n) is 5.25. The van der Waals surface area contributed by atoms with Crippen LogP contribution in [0.5, 0.6) is 0 Å². The number of aliphatic hydroxyl groups excluding tert-OH is 1. The Labute approximate surface area is 87.8 Å². The average molecular weight is 208 g/mol. The Morgan fingerprint density at radius 1 is 1.21 bits per heavy atom. The summed E-state index contributed by atoms with van der Waals surface area (Å²) in [6, 6.07) is 10.7. The van der Waals surface area contributed by atoms with Crippen molar-refractivity contribution in [2.24, 2.45) is 0 Å². The normalized spacial score (nSPS) is 14.0. The van der Waals surface area contributed by atoms with Gasteiger partial charge in [0.15, 0.2) is 0 Å². The van der Waals surface area contributed by atoms with E-state index < -0.39 is 8.07 Å². The van der Waals surface area contributed by atoms with Crippen LogP contribution in [-0.4, -0.2) is 19.8 Å². The molecule has 0 aliphatic rings. The van der Waals surface area contributed by atoms with Crippen LogP contribution in [0, 0.1) is 0 Å². The zero-order valence-corrected chi connectivity index (χ0v) is 10.3. The van der Waals surface area contributed by atoms with E-state index in [4.69, 9.17) is 5.11 Å². The molecule has 78 valence electrons. The summed E-state index contributed by atoms with van der Waals surface area (Å²) in [6.07, 6.45) is 0.925. The van der Waals surface area contributed by atoms with Gasteiger partial charge in [-0.1, -0.05) is 55.5 Å². The van der Waals surface area contributed by atoms with Gasteiger partial charge >= 0.3 is 0 Å². The molecule has 1 unspecified atom stereocenters. The lowest BCUT2D eigenvalue weighted by molar-refractivity contribution is 0.286. The van der Waals surface area contributed by atoms with E-state index >= 15 is 0 Å². The molecule has 0 bridgehead atoms. The third-order valence-electron chi connectivity index (χ3n) is 3.31. The van der Waals surface area contributed by atoms with Gasteiger partial charge in [0.25, 0.3) is 0 Å². The van der Waals surface area contributed by atoms with E-state index in [1.54, 1.807) is 0 Å². The highest BCUT2D eigenvalue weighted by molar-refractivity contribution is 6.90. The van der Waals surface area contributed by atoms with Gasteiger partial charge in [-0.15, -0.1) is 0 Å². The second kappa shape index (κ2) is 4.76. The molecule has 1 aromatic carbocycles. The molecule has 2 heteroatoms. The summed E-state index contributed by atoms with van der Waals surface area (Å²) in [5.74, 6) is 0. The molecule has 0 saturated carbocycles. The van der Waals surface area contributed by atoms with Gasteiger partial charge in [0.2, 0.25) is 0 Å². The van der Waals surface area contributed by atoms with Gasteiger partial charge in [0.05, 0.1) is 8.07 Å². The fourth-order valence-electron chi connectivity index (χ4n) is 1.71. The third kappa shape index (κ3) is 2.46. The minimum atomic E-state index is -1.36. The van der Waals surface area contributed by atoms with E-state index in [2.05, 4.69) is 50.3 Å². The Balaban J connectivity index is 2.84. The van der Waals surface area contributed by atoms with Crippen molar-refractivity contribution in [1.82, 2.24) is 0 Å². The molecule has 0 aromatic heterocycles. The van der Waals surface area contributed by atoms with Gasteiger partial charge in [0.1, 0.15) is 0 Å². The molecule has 1 N–H and O–H groups in total. The summed E-state index contributed by atoms with van der Waals surface area (Å²) in [4.78, 5) is 0. The fourth-order valence-corrected chi connectivity index (χ4v) is 4.18. The third-order valence-corrected chi connectivity index (χ3v) is 7.89. The van der Waals surface area contributed by atoms with E-state index in [0.717, 1.165) is 6.42 Å². The lowest BCUT2D eigenvalue weighted by Gasteiger charge is -2.29. The average Bonchev–Trinajstić information content (AvgIpc) is 2.19.